The van der Waals surface area contributed by atoms with E-state index >= 15 is 0 Å². The first-order chi connectivity index (χ1) is 11.6. The van der Waals surface area contributed by atoms with Crippen LogP contribution in [0.2, 0.25) is 0 Å². The number of carbonyl (C=O) groups is 1. The molecule has 130 valence electrons. The SMILES string of the molecule is CC(C)C1CN(C(=O)c2cc3sccc3[nH]2)CCCN1CC1CC1. The van der Waals surface area contributed by atoms with Gasteiger partial charge in [0.15, 0.2) is 0 Å². The molecule has 0 radical (unpaired) electrons. The quantitative estimate of drug-likeness (QED) is 0.915. The molecular weight excluding hydrogens is 318 g/mol. The lowest BCUT2D eigenvalue weighted by atomic mass is 10.0. The van der Waals surface area contributed by atoms with E-state index in [4.69, 9.17) is 0 Å². The number of H-pyrrole nitrogens is 1. The predicted octanol–water partition coefficient (Wildman–Crippen LogP) is 3.81. The van der Waals surface area contributed by atoms with Gasteiger partial charge in [0.25, 0.3) is 5.91 Å². The monoisotopic (exact) mass is 345 g/mol. The number of carbonyl (C=O) groups excluding carboxylic acids is 1. The Hall–Kier alpha value is -1.33. The van der Waals surface area contributed by atoms with Crippen LogP contribution >= 0.6 is 11.3 Å². The van der Waals surface area contributed by atoms with Crippen LogP contribution < -0.4 is 0 Å². The lowest BCUT2D eigenvalue weighted by molar-refractivity contribution is 0.0699. The highest BCUT2D eigenvalue weighted by Crippen LogP contribution is 2.32. The van der Waals surface area contributed by atoms with Crippen LogP contribution in [0.5, 0.6) is 0 Å². The summed E-state index contributed by atoms with van der Waals surface area (Å²) in [7, 11) is 0. The van der Waals surface area contributed by atoms with Crippen LogP contribution in [0.1, 0.15) is 43.6 Å². The molecule has 4 nitrogen and oxygen atoms in total. The van der Waals surface area contributed by atoms with Crippen LogP contribution in [-0.2, 0) is 0 Å². The van der Waals surface area contributed by atoms with Gasteiger partial charge < -0.3 is 9.88 Å². The first-order valence-electron chi connectivity index (χ1n) is 9.21. The van der Waals surface area contributed by atoms with Crippen LogP contribution in [0.25, 0.3) is 10.2 Å². The Morgan fingerprint density at radius 2 is 2.21 bits per heavy atom. The second-order valence-corrected chi connectivity index (χ2v) is 8.68. The molecule has 1 saturated carbocycles. The van der Waals surface area contributed by atoms with Crippen LogP contribution in [-0.4, -0.2) is 52.9 Å². The van der Waals surface area contributed by atoms with Crippen molar-refractivity contribution in [3.63, 3.8) is 0 Å². The second kappa shape index (κ2) is 6.52. The number of hydrogen-bond acceptors (Lipinski definition) is 3. The normalized spacial score (nSPS) is 23.1. The maximum atomic E-state index is 13.0. The molecule has 1 amide bonds. The molecule has 3 heterocycles. The van der Waals surface area contributed by atoms with Crippen molar-refractivity contribution in [3.8, 4) is 0 Å². The maximum Gasteiger partial charge on any atom is 0.270 e. The van der Waals surface area contributed by atoms with E-state index in [-0.39, 0.29) is 5.91 Å². The lowest BCUT2D eigenvalue weighted by Gasteiger charge is -2.34. The fraction of sp³-hybridized carbons (Fsp3) is 0.632. The molecule has 1 saturated heterocycles. The van der Waals surface area contributed by atoms with Crippen molar-refractivity contribution in [1.29, 1.82) is 0 Å². The van der Waals surface area contributed by atoms with E-state index in [0.717, 1.165) is 43.2 Å². The zero-order valence-corrected chi connectivity index (χ0v) is 15.4. The Balaban J connectivity index is 1.51. The highest BCUT2D eigenvalue weighted by atomic mass is 32.1. The van der Waals surface area contributed by atoms with Gasteiger partial charge in [0.1, 0.15) is 5.69 Å². The van der Waals surface area contributed by atoms with Crippen LogP contribution in [0, 0.1) is 11.8 Å². The minimum Gasteiger partial charge on any atom is -0.350 e. The van der Waals surface area contributed by atoms with Gasteiger partial charge in [-0.2, -0.15) is 0 Å². The van der Waals surface area contributed by atoms with Gasteiger partial charge in [-0.05, 0) is 48.6 Å². The van der Waals surface area contributed by atoms with Gasteiger partial charge in [0.2, 0.25) is 0 Å². The largest absolute Gasteiger partial charge is 0.350 e. The third-order valence-corrected chi connectivity index (χ3v) is 6.33. The summed E-state index contributed by atoms with van der Waals surface area (Å²) in [5.74, 6) is 1.64. The van der Waals surface area contributed by atoms with E-state index in [1.807, 2.05) is 12.1 Å². The van der Waals surface area contributed by atoms with E-state index < -0.39 is 0 Å². The molecule has 1 aliphatic heterocycles. The Kier molecular flexibility index (Phi) is 4.39. The molecule has 1 aliphatic carbocycles. The minimum absolute atomic E-state index is 0.164. The molecule has 0 spiro atoms. The summed E-state index contributed by atoms with van der Waals surface area (Å²) >= 11 is 1.69. The molecule has 2 aromatic rings. The Labute approximate surface area is 147 Å². The zero-order chi connectivity index (χ0) is 16.7. The summed E-state index contributed by atoms with van der Waals surface area (Å²) in [4.78, 5) is 21.0. The molecule has 1 atom stereocenters. The molecule has 0 aromatic carbocycles. The highest BCUT2D eigenvalue weighted by molar-refractivity contribution is 7.17. The number of nitrogens with zero attached hydrogens (tertiary/aromatic N) is 2. The summed E-state index contributed by atoms with van der Waals surface area (Å²) in [6.45, 7) is 8.67. The van der Waals surface area contributed by atoms with Gasteiger partial charge >= 0.3 is 0 Å². The van der Waals surface area contributed by atoms with Crippen LogP contribution in [0.3, 0.4) is 0 Å². The van der Waals surface area contributed by atoms with E-state index in [2.05, 4.69) is 34.0 Å². The molecule has 1 N–H and O–H groups in total. The molecule has 24 heavy (non-hydrogen) atoms. The van der Waals surface area contributed by atoms with E-state index in [1.165, 1.54) is 24.1 Å². The highest BCUT2D eigenvalue weighted by Gasteiger charge is 2.33. The topological polar surface area (TPSA) is 39.3 Å². The summed E-state index contributed by atoms with van der Waals surface area (Å²) < 4.78 is 1.17. The predicted molar refractivity (Wildman–Crippen MR) is 99.6 cm³/mol. The fourth-order valence-corrected chi connectivity index (χ4v) is 4.66. The summed E-state index contributed by atoms with van der Waals surface area (Å²) in [5, 5.41) is 2.06. The maximum absolute atomic E-state index is 13.0. The smallest absolute Gasteiger partial charge is 0.270 e. The molecule has 4 rings (SSSR count). The van der Waals surface area contributed by atoms with Gasteiger partial charge in [-0.3, -0.25) is 9.69 Å². The second-order valence-electron chi connectivity index (χ2n) is 7.74. The number of hydrogen-bond donors (Lipinski definition) is 1. The molecule has 2 aromatic heterocycles. The number of nitrogens with one attached hydrogen (secondary N) is 1. The molecular formula is C19H27N3OS. The molecule has 0 bridgehead atoms. The molecule has 2 aliphatic rings. The number of fused-ring (bicyclic) bond motifs is 1. The van der Waals surface area contributed by atoms with Crippen LogP contribution in [0.4, 0.5) is 0 Å². The first kappa shape index (κ1) is 16.2. The minimum atomic E-state index is 0.164. The molecule has 1 unspecified atom stereocenters. The average Bonchev–Trinajstić information content (AvgIpc) is 3.17. The van der Waals surface area contributed by atoms with Crippen LogP contribution in [0.15, 0.2) is 17.5 Å². The number of rotatable bonds is 4. The Morgan fingerprint density at radius 3 is 2.92 bits per heavy atom. The summed E-state index contributed by atoms with van der Waals surface area (Å²) in [6.07, 6.45) is 3.86. The molecule has 2 fully saturated rings. The number of aromatic amines is 1. The third kappa shape index (κ3) is 3.24. The standard InChI is InChI=1S/C19H27N3OS/c1-13(2)17-12-22(8-3-7-21(17)11-14-4-5-14)19(23)16-10-18-15(20-16)6-9-24-18/h6,9-10,13-14,17,20H,3-5,7-8,11-12H2,1-2H3. The van der Waals surface area contributed by atoms with Crippen molar-refractivity contribution in [1.82, 2.24) is 14.8 Å². The zero-order valence-electron chi connectivity index (χ0n) is 14.6. The van der Waals surface area contributed by atoms with Crippen molar-refractivity contribution in [2.75, 3.05) is 26.2 Å². The first-order valence-corrected chi connectivity index (χ1v) is 10.1. The van der Waals surface area contributed by atoms with Gasteiger partial charge in [-0.1, -0.05) is 13.8 Å². The Bertz CT molecular complexity index is 687. The van der Waals surface area contributed by atoms with Gasteiger partial charge in [0.05, 0.1) is 10.2 Å². The molecule has 5 heteroatoms. The number of thiophene rings is 1. The van der Waals surface area contributed by atoms with E-state index in [1.54, 1.807) is 11.3 Å². The third-order valence-electron chi connectivity index (χ3n) is 5.47. The average molecular weight is 346 g/mol. The lowest BCUT2D eigenvalue weighted by Crippen LogP contribution is -2.46. The van der Waals surface area contributed by atoms with E-state index in [0.29, 0.717) is 12.0 Å². The van der Waals surface area contributed by atoms with Crippen molar-refractivity contribution in [2.45, 2.75) is 39.2 Å². The fourth-order valence-electron chi connectivity index (χ4n) is 3.87. The van der Waals surface area contributed by atoms with E-state index in [9.17, 15) is 4.79 Å². The van der Waals surface area contributed by atoms with Gasteiger partial charge in [0, 0.05) is 32.2 Å². The van der Waals surface area contributed by atoms with Crippen molar-refractivity contribution in [2.24, 2.45) is 11.8 Å². The Morgan fingerprint density at radius 1 is 1.38 bits per heavy atom. The summed E-state index contributed by atoms with van der Waals surface area (Å²) in [6, 6.07) is 4.54. The van der Waals surface area contributed by atoms with Crippen molar-refractivity contribution in [3.05, 3.63) is 23.2 Å². The number of aromatic nitrogens is 1. The van der Waals surface area contributed by atoms with Crippen molar-refractivity contribution < 1.29 is 4.79 Å². The summed E-state index contributed by atoms with van der Waals surface area (Å²) in [5.41, 5.74) is 1.82. The van der Waals surface area contributed by atoms with Crippen molar-refractivity contribution >= 4 is 27.5 Å². The number of amides is 1. The van der Waals surface area contributed by atoms with Gasteiger partial charge in [-0.25, -0.2) is 0 Å². The van der Waals surface area contributed by atoms with Gasteiger partial charge in [-0.15, -0.1) is 11.3 Å².